The molecule has 0 N–H and O–H groups in total. The quantitative estimate of drug-likeness (QED) is 0.117. The van der Waals surface area contributed by atoms with E-state index >= 15 is 0 Å². The van der Waals surface area contributed by atoms with Crippen LogP contribution in [-0.2, 0) is 0 Å². The third kappa shape index (κ3) is 4.70. The van der Waals surface area contributed by atoms with Gasteiger partial charge in [-0.25, -0.2) is 0 Å². The van der Waals surface area contributed by atoms with Crippen LogP contribution in [0.2, 0.25) is 0 Å². The van der Waals surface area contributed by atoms with E-state index in [1.54, 1.807) is 0 Å². The van der Waals surface area contributed by atoms with Crippen molar-refractivity contribution in [2.45, 2.75) is 0 Å². The number of rotatable bonds is 6. The van der Waals surface area contributed by atoms with Crippen LogP contribution in [0, 0.1) is 0 Å². The van der Waals surface area contributed by atoms with Crippen molar-refractivity contribution in [3.63, 3.8) is 0 Å². The van der Waals surface area contributed by atoms with E-state index in [9.17, 15) is 0 Å². The molecule has 4 aromatic heterocycles. The topological polar surface area (TPSA) is 14.3 Å². The largest absolute Gasteiger partial charge is 0.309 e. The predicted molar refractivity (Wildman–Crippen MR) is 273 cm³/mol. The number of fused-ring (bicyclic) bond motifs is 13. The van der Waals surface area contributed by atoms with Crippen LogP contribution in [0.25, 0.3) is 93.1 Å². The summed E-state index contributed by atoms with van der Waals surface area (Å²) in [6.45, 7) is 0. The Bertz CT molecular complexity index is 4030. The third-order valence-electron chi connectivity index (χ3n) is 14.1. The molecule has 0 amide bonds. The normalized spacial score (nSPS) is 12.4. The zero-order valence-electron chi connectivity index (χ0n) is 34.9. The number of aromatic nitrogens is 3. The van der Waals surface area contributed by atoms with Gasteiger partial charge in [0, 0.05) is 54.5 Å². The van der Waals surface area contributed by atoms with E-state index in [1.807, 2.05) is 0 Å². The number of hydrogen-bond acceptors (Lipinski definition) is 0. The average Bonchev–Trinajstić information content (AvgIpc) is 4.10. The fourth-order valence-corrected chi connectivity index (χ4v) is 16.3. The molecule has 64 heavy (non-hydrogen) atoms. The Balaban J connectivity index is 1.06. The van der Waals surface area contributed by atoms with Crippen molar-refractivity contribution in [2.75, 3.05) is 0 Å². The van der Waals surface area contributed by atoms with Gasteiger partial charge in [0.1, 0.15) is 0 Å². The molecule has 0 aliphatic rings. The second-order valence-corrected chi connectivity index (χ2v) is 21.0. The van der Waals surface area contributed by atoms with Crippen LogP contribution < -0.4 is 20.7 Å². The first-order chi connectivity index (χ1) is 31.8. The van der Waals surface area contributed by atoms with Gasteiger partial charge in [-0.05, 0) is 75.3 Å². The fraction of sp³-hybridized carbons (Fsp3) is 0. The van der Waals surface area contributed by atoms with Crippen LogP contribution in [0.3, 0.4) is 0 Å². The molecule has 4 heteroatoms. The molecule has 0 radical (unpaired) electrons. The number of para-hydroxylation sites is 4. The van der Waals surface area contributed by atoms with E-state index in [0.29, 0.717) is 0 Å². The molecule has 3 nitrogen and oxygen atoms in total. The van der Waals surface area contributed by atoms with Gasteiger partial charge < -0.3 is 13.5 Å². The van der Waals surface area contributed by atoms with Gasteiger partial charge in [-0.2, -0.15) is 0 Å². The minimum Gasteiger partial charge on any atom is -0.309 e. The Hall–Kier alpha value is -8.18. The molecular formula is C60H39N3Si. The second kappa shape index (κ2) is 13.4. The summed E-state index contributed by atoms with van der Waals surface area (Å²) in [5.41, 5.74) is 10.9. The van der Waals surface area contributed by atoms with Crippen LogP contribution in [0.1, 0.15) is 0 Å². The fourth-order valence-electron chi connectivity index (χ4n) is 11.6. The highest BCUT2D eigenvalue weighted by molar-refractivity contribution is 7.19. The lowest BCUT2D eigenvalue weighted by Crippen LogP contribution is -2.74. The van der Waals surface area contributed by atoms with Crippen molar-refractivity contribution >= 4 is 111 Å². The highest BCUT2D eigenvalue weighted by Gasteiger charge is 2.41. The third-order valence-corrected chi connectivity index (χ3v) is 18.9. The lowest BCUT2D eigenvalue weighted by molar-refractivity contribution is 1.18. The molecule has 0 atom stereocenters. The summed E-state index contributed by atoms with van der Waals surface area (Å²) < 4.78 is 7.51. The molecule has 0 aliphatic carbocycles. The van der Waals surface area contributed by atoms with E-state index in [4.69, 9.17) is 0 Å². The highest BCUT2D eigenvalue weighted by atomic mass is 28.3. The van der Waals surface area contributed by atoms with E-state index in [2.05, 4.69) is 250 Å². The van der Waals surface area contributed by atoms with Crippen molar-refractivity contribution in [1.82, 2.24) is 13.5 Å². The zero-order valence-corrected chi connectivity index (χ0v) is 35.9. The molecule has 0 aliphatic heterocycles. The van der Waals surface area contributed by atoms with Crippen LogP contribution in [-0.4, -0.2) is 21.6 Å². The minimum atomic E-state index is -2.78. The van der Waals surface area contributed by atoms with Gasteiger partial charge in [0.25, 0.3) is 0 Å². The standard InChI is InChI=1S/C60H39N3Si/c1-4-19-42(20-5-1)64(43-21-6-2-7-22-43,44-23-8-3-9-24-44)45-25-16-18-40(38-45)61-55-33-15-12-28-51(55)58-57(61)37-35-50-47-27-10-13-31-53(47)62(60(50)58)41-34-36-56-52(39-41)49-30-17-29-48-46-26-11-14-32-54(46)63(56)59(48)49/h1-39H. The molecule has 0 saturated heterocycles. The molecule has 0 fully saturated rings. The predicted octanol–water partition coefficient (Wildman–Crippen LogP) is 12.4. The molecule has 0 bridgehead atoms. The number of nitrogens with zero attached hydrogens (tertiary/aromatic N) is 3. The van der Waals surface area contributed by atoms with Gasteiger partial charge in [-0.3, -0.25) is 0 Å². The summed E-state index contributed by atoms with van der Waals surface area (Å²) in [6, 6.07) is 88.4. The van der Waals surface area contributed by atoms with Gasteiger partial charge >= 0.3 is 0 Å². The first kappa shape index (κ1) is 35.4. The first-order valence-electron chi connectivity index (χ1n) is 22.2. The first-order valence-corrected chi connectivity index (χ1v) is 24.2. The maximum Gasteiger partial charge on any atom is 0.179 e. The molecule has 0 spiro atoms. The SMILES string of the molecule is c1ccc([Si](c2ccccc2)(c2ccccc2)c2cccc(-n3c4ccccc4c4c3ccc3c5ccccc5n(-c5ccc6c(c5)c5cccc7c8ccccc8n6c75)c34)c2)cc1. The van der Waals surface area contributed by atoms with Gasteiger partial charge in [0.15, 0.2) is 8.07 Å². The van der Waals surface area contributed by atoms with Gasteiger partial charge in [-0.1, -0.05) is 182 Å². The van der Waals surface area contributed by atoms with Crippen LogP contribution in [0.15, 0.2) is 237 Å². The lowest BCUT2D eigenvalue weighted by atomic mass is 10.1. The minimum absolute atomic E-state index is 1.16. The molecule has 14 aromatic rings. The molecule has 0 unspecified atom stereocenters. The Morgan fingerprint density at radius 1 is 0.250 bits per heavy atom. The number of hydrogen-bond donors (Lipinski definition) is 0. The Morgan fingerprint density at radius 2 is 0.703 bits per heavy atom. The molecule has 10 aromatic carbocycles. The smallest absolute Gasteiger partial charge is 0.179 e. The Morgan fingerprint density at radius 3 is 1.38 bits per heavy atom. The van der Waals surface area contributed by atoms with Crippen LogP contribution in [0.4, 0.5) is 0 Å². The van der Waals surface area contributed by atoms with E-state index in [0.717, 1.165) is 11.4 Å². The molecule has 298 valence electrons. The van der Waals surface area contributed by atoms with E-state index in [-0.39, 0.29) is 0 Å². The summed E-state index contributed by atoms with van der Waals surface area (Å²) in [6.07, 6.45) is 0. The van der Waals surface area contributed by atoms with Gasteiger partial charge in [-0.15, -0.1) is 0 Å². The molecule has 14 rings (SSSR count). The Kier molecular flexibility index (Phi) is 7.42. The van der Waals surface area contributed by atoms with Crippen molar-refractivity contribution in [3.05, 3.63) is 237 Å². The average molecular weight is 830 g/mol. The van der Waals surface area contributed by atoms with Gasteiger partial charge in [0.05, 0.1) is 38.6 Å². The van der Waals surface area contributed by atoms with Crippen molar-refractivity contribution in [3.8, 4) is 11.4 Å². The second-order valence-electron chi connectivity index (χ2n) is 17.2. The molecule has 0 saturated carbocycles. The van der Waals surface area contributed by atoms with Crippen LogP contribution in [0.5, 0.6) is 0 Å². The summed E-state index contributed by atoms with van der Waals surface area (Å²) in [7, 11) is -2.78. The highest BCUT2D eigenvalue weighted by Crippen LogP contribution is 2.44. The number of benzene rings is 10. The zero-order chi connectivity index (χ0) is 41.9. The van der Waals surface area contributed by atoms with Crippen molar-refractivity contribution < 1.29 is 0 Å². The maximum absolute atomic E-state index is 2.78. The lowest BCUT2D eigenvalue weighted by Gasteiger charge is -2.34. The van der Waals surface area contributed by atoms with Crippen molar-refractivity contribution in [1.29, 1.82) is 0 Å². The summed E-state index contributed by atoms with van der Waals surface area (Å²) in [5.74, 6) is 0. The summed E-state index contributed by atoms with van der Waals surface area (Å²) in [4.78, 5) is 0. The monoisotopic (exact) mass is 829 g/mol. The van der Waals surface area contributed by atoms with E-state index in [1.165, 1.54) is 102 Å². The van der Waals surface area contributed by atoms with E-state index < -0.39 is 8.07 Å². The molecular weight excluding hydrogens is 791 g/mol. The Labute approximate surface area is 370 Å². The van der Waals surface area contributed by atoms with Crippen LogP contribution >= 0.6 is 0 Å². The molecule has 4 heterocycles. The maximum atomic E-state index is 2.53. The van der Waals surface area contributed by atoms with Gasteiger partial charge in [0.2, 0.25) is 0 Å². The summed E-state index contributed by atoms with van der Waals surface area (Å²) >= 11 is 0. The van der Waals surface area contributed by atoms with Crippen molar-refractivity contribution in [2.24, 2.45) is 0 Å². The summed E-state index contributed by atoms with van der Waals surface area (Å²) in [5, 5.41) is 15.6.